The van der Waals surface area contributed by atoms with E-state index in [1.54, 1.807) is 0 Å². The van der Waals surface area contributed by atoms with Crippen molar-refractivity contribution in [2.45, 2.75) is 45.1 Å². The van der Waals surface area contributed by atoms with Crippen molar-refractivity contribution < 1.29 is 0 Å². The lowest BCUT2D eigenvalue weighted by Crippen LogP contribution is -2.33. The molecule has 0 spiro atoms. The Labute approximate surface area is 125 Å². The minimum Gasteiger partial charge on any atom is -0.314 e. The Morgan fingerprint density at radius 2 is 1.89 bits per heavy atom. The summed E-state index contributed by atoms with van der Waals surface area (Å²) in [4.78, 5) is 12.1. The standard InChI is InChI=1S/C14H19Br2NO/c15-10-14(7-3-1-2-4-8-14)11-17-9-5-6-12(16)13(17)18/h5-6,9H,1-4,7-8,10-11H2. The molecule has 0 bridgehead atoms. The molecule has 4 heteroatoms. The molecule has 1 fully saturated rings. The molecule has 0 amide bonds. The molecule has 1 aromatic rings. The SMILES string of the molecule is O=c1c(Br)cccn1CC1(CBr)CCCCCC1. The lowest BCUT2D eigenvalue weighted by Gasteiger charge is -2.31. The van der Waals surface area contributed by atoms with Crippen molar-refractivity contribution in [1.82, 2.24) is 4.57 Å². The Bertz CT molecular complexity index is 447. The highest BCUT2D eigenvalue weighted by Gasteiger charge is 2.30. The molecule has 0 atom stereocenters. The van der Waals surface area contributed by atoms with Crippen molar-refractivity contribution in [3.8, 4) is 0 Å². The third kappa shape index (κ3) is 3.27. The Hall–Kier alpha value is -0.0900. The van der Waals surface area contributed by atoms with Crippen molar-refractivity contribution in [3.05, 3.63) is 33.2 Å². The first kappa shape index (κ1) is 14.3. The number of halogens is 2. The number of pyridine rings is 1. The van der Waals surface area contributed by atoms with E-state index >= 15 is 0 Å². The summed E-state index contributed by atoms with van der Waals surface area (Å²) in [6, 6.07) is 3.75. The molecular weight excluding hydrogens is 358 g/mol. The summed E-state index contributed by atoms with van der Waals surface area (Å²) < 4.78 is 2.51. The van der Waals surface area contributed by atoms with Gasteiger partial charge in [0.25, 0.3) is 5.56 Å². The van der Waals surface area contributed by atoms with Gasteiger partial charge < -0.3 is 4.57 Å². The molecule has 0 N–H and O–H groups in total. The molecule has 2 rings (SSSR count). The number of hydrogen-bond donors (Lipinski definition) is 0. The average molecular weight is 377 g/mol. The van der Waals surface area contributed by atoms with Gasteiger partial charge >= 0.3 is 0 Å². The summed E-state index contributed by atoms with van der Waals surface area (Å²) in [5, 5.41) is 0.985. The molecule has 0 aliphatic heterocycles. The Kier molecular flexibility index (Phi) is 5.07. The maximum absolute atomic E-state index is 12.1. The summed E-state index contributed by atoms with van der Waals surface area (Å²) in [5.74, 6) is 0. The Morgan fingerprint density at radius 3 is 2.50 bits per heavy atom. The second kappa shape index (κ2) is 6.38. The van der Waals surface area contributed by atoms with E-state index < -0.39 is 0 Å². The zero-order valence-electron chi connectivity index (χ0n) is 10.5. The van der Waals surface area contributed by atoms with Gasteiger partial charge in [-0.1, -0.05) is 41.6 Å². The van der Waals surface area contributed by atoms with Crippen molar-refractivity contribution in [2.75, 3.05) is 5.33 Å². The maximum atomic E-state index is 12.1. The highest BCUT2D eigenvalue weighted by atomic mass is 79.9. The molecule has 0 saturated heterocycles. The first-order valence-corrected chi connectivity index (χ1v) is 8.49. The van der Waals surface area contributed by atoms with Crippen LogP contribution >= 0.6 is 31.9 Å². The zero-order valence-corrected chi connectivity index (χ0v) is 13.7. The van der Waals surface area contributed by atoms with Crippen LogP contribution in [0.1, 0.15) is 38.5 Å². The van der Waals surface area contributed by atoms with Gasteiger partial charge in [0.2, 0.25) is 0 Å². The van der Waals surface area contributed by atoms with Gasteiger partial charge in [-0.2, -0.15) is 0 Å². The summed E-state index contributed by atoms with van der Waals surface area (Å²) in [6.45, 7) is 0.830. The lowest BCUT2D eigenvalue weighted by molar-refractivity contribution is 0.239. The number of hydrogen-bond acceptors (Lipinski definition) is 1. The van der Waals surface area contributed by atoms with Gasteiger partial charge in [-0.15, -0.1) is 0 Å². The highest BCUT2D eigenvalue weighted by Crippen LogP contribution is 2.37. The number of aromatic nitrogens is 1. The molecule has 1 aromatic heterocycles. The Balaban J connectivity index is 2.23. The van der Waals surface area contributed by atoms with E-state index in [4.69, 9.17) is 0 Å². The molecule has 1 heterocycles. The van der Waals surface area contributed by atoms with Crippen molar-refractivity contribution in [1.29, 1.82) is 0 Å². The van der Waals surface area contributed by atoms with E-state index in [1.165, 1.54) is 38.5 Å². The largest absolute Gasteiger partial charge is 0.314 e. The van der Waals surface area contributed by atoms with Gasteiger partial charge in [-0.25, -0.2) is 0 Å². The van der Waals surface area contributed by atoms with Gasteiger partial charge in [-0.3, -0.25) is 4.79 Å². The van der Waals surface area contributed by atoms with E-state index in [0.717, 1.165) is 11.9 Å². The molecule has 2 nitrogen and oxygen atoms in total. The molecule has 1 aliphatic rings. The predicted molar refractivity (Wildman–Crippen MR) is 82.3 cm³/mol. The van der Waals surface area contributed by atoms with Crippen LogP contribution in [-0.4, -0.2) is 9.90 Å². The van der Waals surface area contributed by atoms with Gasteiger partial charge in [0.15, 0.2) is 0 Å². The summed E-state index contributed by atoms with van der Waals surface area (Å²) in [6.07, 6.45) is 9.59. The molecular formula is C14H19Br2NO. The fourth-order valence-corrected chi connectivity index (χ4v) is 3.92. The summed E-state index contributed by atoms with van der Waals surface area (Å²) in [5.41, 5.74) is 0.336. The quantitative estimate of drug-likeness (QED) is 0.567. The van der Waals surface area contributed by atoms with Crippen molar-refractivity contribution in [2.24, 2.45) is 5.41 Å². The van der Waals surface area contributed by atoms with Crippen LogP contribution in [0.4, 0.5) is 0 Å². The number of alkyl halides is 1. The first-order valence-electron chi connectivity index (χ1n) is 6.58. The summed E-state index contributed by atoms with van der Waals surface area (Å²) in [7, 11) is 0. The fraction of sp³-hybridized carbons (Fsp3) is 0.643. The van der Waals surface area contributed by atoms with Crippen molar-refractivity contribution >= 4 is 31.9 Å². The minimum atomic E-state index is 0.0853. The first-order chi connectivity index (χ1) is 8.67. The molecule has 1 aliphatic carbocycles. The van der Waals surface area contributed by atoms with E-state index in [1.807, 2.05) is 22.9 Å². The lowest BCUT2D eigenvalue weighted by atomic mass is 9.82. The van der Waals surface area contributed by atoms with Crippen LogP contribution in [0.15, 0.2) is 27.6 Å². The molecule has 0 unspecified atom stereocenters. The maximum Gasteiger partial charge on any atom is 0.264 e. The zero-order chi connectivity index (χ0) is 13.0. The fourth-order valence-electron chi connectivity index (χ4n) is 2.81. The van der Waals surface area contributed by atoms with E-state index in [9.17, 15) is 4.79 Å². The van der Waals surface area contributed by atoms with Crippen LogP contribution in [0.5, 0.6) is 0 Å². The molecule has 18 heavy (non-hydrogen) atoms. The normalized spacial score (nSPS) is 19.4. The van der Waals surface area contributed by atoms with E-state index in [0.29, 0.717) is 4.47 Å². The predicted octanol–water partition coefficient (Wildman–Crippen LogP) is 4.35. The van der Waals surface area contributed by atoms with Crippen LogP contribution in [0.2, 0.25) is 0 Å². The smallest absolute Gasteiger partial charge is 0.264 e. The monoisotopic (exact) mass is 375 g/mol. The van der Waals surface area contributed by atoms with Gasteiger partial charge in [0, 0.05) is 18.1 Å². The van der Waals surface area contributed by atoms with Crippen LogP contribution < -0.4 is 5.56 Å². The van der Waals surface area contributed by atoms with Crippen LogP contribution in [-0.2, 0) is 6.54 Å². The summed E-state index contributed by atoms with van der Waals surface area (Å²) >= 11 is 7.00. The topological polar surface area (TPSA) is 22.0 Å². The third-order valence-electron chi connectivity index (χ3n) is 3.93. The minimum absolute atomic E-state index is 0.0853. The van der Waals surface area contributed by atoms with Gasteiger partial charge in [0.05, 0.1) is 4.47 Å². The van der Waals surface area contributed by atoms with Crippen LogP contribution in [0.3, 0.4) is 0 Å². The second-order valence-electron chi connectivity index (χ2n) is 5.34. The number of rotatable bonds is 3. The van der Waals surface area contributed by atoms with Crippen LogP contribution in [0.25, 0.3) is 0 Å². The molecule has 100 valence electrons. The van der Waals surface area contributed by atoms with Gasteiger partial charge in [0.1, 0.15) is 0 Å². The second-order valence-corrected chi connectivity index (χ2v) is 6.75. The van der Waals surface area contributed by atoms with E-state index in [-0.39, 0.29) is 11.0 Å². The van der Waals surface area contributed by atoms with Gasteiger partial charge in [-0.05, 0) is 46.3 Å². The number of nitrogens with zero attached hydrogens (tertiary/aromatic N) is 1. The van der Waals surface area contributed by atoms with E-state index in [2.05, 4.69) is 31.9 Å². The molecule has 1 saturated carbocycles. The molecule has 0 radical (unpaired) electrons. The third-order valence-corrected chi connectivity index (χ3v) is 5.72. The molecule has 0 aromatic carbocycles. The average Bonchev–Trinajstić information content (AvgIpc) is 2.61. The van der Waals surface area contributed by atoms with Crippen LogP contribution in [0, 0.1) is 5.41 Å². The van der Waals surface area contributed by atoms with Crippen molar-refractivity contribution in [3.63, 3.8) is 0 Å². The highest BCUT2D eigenvalue weighted by molar-refractivity contribution is 9.10. The Morgan fingerprint density at radius 1 is 1.22 bits per heavy atom.